The van der Waals surface area contributed by atoms with Gasteiger partial charge in [0.1, 0.15) is 5.60 Å². The number of carboxylic acid groups (broad SMARTS) is 1. The minimum Gasteiger partial charge on any atom is -0.504 e. The van der Waals surface area contributed by atoms with Crippen molar-refractivity contribution >= 4 is 12.4 Å². The average molecular weight is 409 g/mol. The van der Waals surface area contributed by atoms with E-state index in [0.29, 0.717) is 19.3 Å². The summed E-state index contributed by atoms with van der Waals surface area (Å²) in [4.78, 5) is 21.6. The maximum atomic E-state index is 11.1. The Labute approximate surface area is 173 Å². The lowest BCUT2D eigenvalue weighted by Gasteiger charge is -2.22. The van der Waals surface area contributed by atoms with E-state index in [2.05, 4.69) is 0 Å². The maximum absolute atomic E-state index is 11.1. The Bertz CT molecular complexity index is 678. The first-order chi connectivity index (χ1) is 13.5. The number of unbranched alkanes of at least 4 members (excludes halogenated alkanes) is 3. The Hall–Kier alpha value is -2.24. The summed E-state index contributed by atoms with van der Waals surface area (Å²) in [6, 6.07) is 3.53. The zero-order valence-corrected chi connectivity index (χ0v) is 18.2. The van der Waals surface area contributed by atoms with E-state index in [4.69, 9.17) is 9.84 Å². The minimum atomic E-state index is -0.783. The molecule has 0 heterocycles. The standard InChI is InChI=1S/C23H36O6/c1-22(2,21(27)28)12-8-5-6-11-18-14-17(15-19(25)20(18)26)10-7-9-13-23(3,4)29-16-24/h14-16,25-26H,5-13H2,1-4H3,(H,27,28). The lowest BCUT2D eigenvalue weighted by molar-refractivity contribution is -0.147. The molecule has 0 fully saturated rings. The quantitative estimate of drug-likeness (QED) is 0.228. The largest absolute Gasteiger partial charge is 0.504 e. The number of rotatable bonds is 14. The zero-order chi connectivity index (χ0) is 22.1. The van der Waals surface area contributed by atoms with E-state index >= 15 is 0 Å². The Balaban J connectivity index is 2.51. The van der Waals surface area contributed by atoms with Gasteiger partial charge in [-0.2, -0.15) is 0 Å². The van der Waals surface area contributed by atoms with Crippen LogP contribution < -0.4 is 0 Å². The normalized spacial score (nSPS) is 12.0. The van der Waals surface area contributed by atoms with E-state index < -0.39 is 17.0 Å². The molecule has 1 aromatic carbocycles. The summed E-state index contributed by atoms with van der Waals surface area (Å²) in [5.41, 5.74) is 0.503. The van der Waals surface area contributed by atoms with Crippen LogP contribution in [0.2, 0.25) is 0 Å². The van der Waals surface area contributed by atoms with Gasteiger partial charge in [0, 0.05) is 0 Å². The average Bonchev–Trinajstić information content (AvgIpc) is 2.61. The molecule has 0 amide bonds. The van der Waals surface area contributed by atoms with Crippen molar-refractivity contribution in [3.8, 4) is 11.5 Å². The number of hydrogen-bond donors (Lipinski definition) is 3. The van der Waals surface area contributed by atoms with Gasteiger partial charge in [0.2, 0.25) is 0 Å². The van der Waals surface area contributed by atoms with Crippen molar-refractivity contribution in [3.63, 3.8) is 0 Å². The van der Waals surface area contributed by atoms with Crippen LogP contribution in [0.4, 0.5) is 0 Å². The highest BCUT2D eigenvalue weighted by molar-refractivity contribution is 5.73. The molecule has 0 aliphatic heterocycles. The summed E-state index contributed by atoms with van der Waals surface area (Å²) in [6.07, 6.45) is 7.06. The van der Waals surface area contributed by atoms with Gasteiger partial charge in [0.05, 0.1) is 5.41 Å². The summed E-state index contributed by atoms with van der Waals surface area (Å²) in [7, 11) is 0. The van der Waals surface area contributed by atoms with Crippen LogP contribution >= 0.6 is 0 Å². The first-order valence-electron chi connectivity index (χ1n) is 10.4. The molecule has 3 N–H and O–H groups in total. The van der Waals surface area contributed by atoms with Crippen molar-refractivity contribution < 1.29 is 29.6 Å². The summed E-state index contributed by atoms with van der Waals surface area (Å²) >= 11 is 0. The zero-order valence-electron chi connectivity index (χ0n) is 18.2. The second kappa shape index (κ2) is 11.1. The van der Waals surface area contributed by atoms with E-state index in [1.807, 2.05) is 19.9 Å². The third-order valence-corrected chi connectivity index (χ3v) is 5.42. The van der Waals surface area contributed by atoms with E-state index in [9.17, 15) is 19.8 Å². The van der Waals surface area contributed by atoms with Crippen molar-refractivity contribution in [3.05, 3.63) is 23.3 Å². The van der Waals surface area contributed by atoms with E-state index in [1.54, 1.807) is 19.9 Å². The highest BCUT2D eigenvalue weighted by atomic mass is 16.5. The van der Waals surface area contributed by atoms with Gasteiger partial charge in [-0.1, -0.05) is 18.9 Å². The number of ether oxygens (including phenoxy) is 1. The number of aliphatic carboxylic acids is 1. The molecule has 0 saturated heterocycles. The molecule has 0 bridgehead atoms. The molecule has 0 atom stereocenters. The molecule has 6 heteroatoms. The van der Waals surface area contributed by atoms with Gasteiger partial charge < -0.3 is 20.1 Å². The highest BCUT2D eigenvalue weighted by Gasteiger charge is 2.26. The number of carbonyl (C=O) groups excluding carboxylic acids is 1. The van der Waals surface area contributed by atoms with Gasteiger partial charge in [0.15, 0.2) is 11.5 Å². The molecule has 0 saturated carbocycles. The van der Waals surface area contributed by atoms with Crippen LogP contribution in [0.25, 0.3) is 0 Å². The number of benzene rings is 1. The smallest absolute Gasteiger partial charge is 0.309 e. The van der Waals surface area contributed by atoms with Crippen LogP contribution in [0.1, 0.15) is 83.8 Å². The molecule has 6 nitrogen and oxygen atoms in total. The molecule has 0 radical (unpaired) electrons. The molecule has 29 heavy (non-hydrogen) atoms. The van der Waals surface area contributed by atoms with Crippen LogP contribution in [0.5, 0.6) is 11.5 Å². The number of carboxylic acids is 1. The van der Waals surface area contributed by atoms with Gasteiger partial charge in [-0.25, -0.2) is 0 Å². The predicted octanol–water partition coefficient (Wildman–Crippen LogP) is 4.98. The third-order valence-electron chi connectivity index (χ3n) is 5.42. The number of aryl methyl sites for hydroxylation is 2. The minimum absolute atomic E-state index is 0.0693. The maximum Gasteiger partial charge on any atom is 0.309 e. The second-order valence-electron chi connectivity index (χ2n) is 9.05. The van der Waals surface area contributed by atoms with Crippen molar-refractivity contribution in [2.24, 2.45) is 5.41 Å². The van der Waals surface area contributed by atoms with E-state index in [1.165, 1.54) is 0 Å². The number of aromatic hydroxyl groups is 2. The van der Waals surface area contributed by atoms with Crippen LogP contribution in [0.3, 0.4) is 0 Å². The summed E-state index contributed by atoms with van der Waals surface area (Å²) in [6.45, 7) is 7.70. The van der Waals surface area contributed by atoms with Gasteiger partial charge in [-0.15, -0.1) is 0 Å². The van der Waals surface area contributed by atoms with Crippen molar-refractivity contribution in [2.45, 2.75) is 91.1 Å². The van der Waals surface area contributed by atoms with E-state index in [0.717, 1.165) is 56.1 Å². The Morgan fingerprint density at radius 3 is 2.21 bits per heavy atom. The highest BCUT2D eigenvalue weighted by Crippen LogP contribution is 2.33. The van der Waals surface area contributed by atoms with Gasteiger partial charge in [-0.05, 0) is 89.8 Å². The van der Waals surface area contributed by atoms with Crippen molar-refractivity contribution in [1.82, 2.24) is 0 Å². The van der Waals surface area contributed by atoms with Crippen LogP contribution in [-0.2, 0) is 27.2 Å². The molecule has 0 aliphatic carbocycles. The first kappa shape index (κ1) is 24.8. The molecule has 0 spiro atoms. The van der Waals surface area contributed by atoms with Crippen LogP contribution in [0, 0.1) is 5.41 Å². The lowest BCUT2D eigenvalue weighted by atomic mass is 9.87. The van der Waals surface area contributed by atoms with E-state index in [-0.39, 0.29) is 11.5 Å². The van der Waals surface area contributed by atoms with Crippen molar-refractivity contribution in [1.29, 1.82) is 0 Å². The summed E-state index contributed by atoms with van der Waals surface area (Å²) < 4.78 is 5.05. The van der Waals surface area contributed by atoms with Gasteiger partial charge in [0.25, 0.3) is 6.47 Å². The number of carbonyl (C=O) groups is 2. The molecule has 1 aromatic rings. The number of phenols is 2. The fraction of sp³-hybridized carbons (Fsp3) is 0.652. The van der Waals surface area contributed by atoms with Crippen LogP contribution in [-0.4, -0.2) is 33.4 Å². The fourth-order valence-electron chi connectivity index (χ4n) is 3.31. The molecule has 1 rings (SSSR count). The predicted molar refractivity (Wildman–Crippen MR) is 112 cm³/mol. The molecular formula is C23H36O6. The SMILES string of the molecule is CC(C)(CCCCc1cc(O)c(O)c(CCCCCC(C)(C)C(=O)O)c1)OC=O. The van der Waals surface area contributed by atoms with Gasteiger partial charge in [-0.3, -0.25) is 9.59 Å². The Morgan fingerprint density at radius 2 is 1.59 bits per heavy atom. The molecule has 164 valence electrons. The Kier molecular flexibility index (Phi) is 9.47. The van der Waals surface area contributed by atoms with Crippen LogP contribution in [0.15, 0.2) is 12.1 Å². The topological polar surface area (TPSA) is 104 Å². The third kappa shape index (κ3) is 8.75. The Morgan fingerprint density at radius 1 is 0.966 bits per heavy atom. The van der Waals surface area contributed by atoms with Crippen molar-refractivity contribution in [2.75, 3.05) is 0 Å². The first-order valence-corrected chi connectivity index (χ1v) is 10.4. The van der Waals surface area contributed by atoms with Gasteiger partial charge >= 0.3 is 5.97 Å². The summed E-state index contributed by atoms with van der Waals surface area (Å²) in [5.74, 6) is -0.955. The lowest BCUT2D eigenvalue weighted by Crippen LogP contribution is -2.23. The molecular weight excluding hydrogens is 372 g/mol. The second-order valence-corrected chi connectivity index (χ2v) is 9.05. The monoisotopic (exact) mass is 408 g/mol. The molecule has 0 unspecified atom stereocenters. The molecule has 0 aliphatic rings. The summed E-state index contributed by atoms with van der Waals surface area (Å²) in [5, 5.41) is 29.3. The fourth-order valence-corrected chi connectivity index (χ4v) is 3.31. The number of hydrogen-bond acceptors (Lipinski definition) is 5. The number of phenolic OH excluding ortho intramolecular Hbond substituents is 2. The molecule has 0 aromatic heterocycles.